The third kappa shape index (κ3) is 5.46. The zero-order chi connectivity index (χ0) is 36.1. The van der Waals surface area contributed by atoms with Crippen LogP contribution in [0.3, 0.4) is 0 Å². The molecule has 3 aromatic heterocycles. The third-order valence-electron chi connectivity index (χ3n) is 10.3. The average Bonchev–Trinajstić information content (AvgIpc) is 3.54. The van der Waals surface area contributed by atoms with Crippen molar-refractivity contribution in [1.29, 1.82) is 0 Å². The number of benzene rings is 4. The average molecular weight is 660 g/mol. The number of rotatable bonds is 2. The maximum absolute atomic E-state index is 8.23. The van der Waals surface area contributed by atoms with Crippen LogP contribution in [-0.2, 0) is 21.7 Å². The Morgan fingerprint density at radius 1 is 0.480 bits per heavy atom. The van der Waals surface area contributed by atoms with E-state index < -0.39 is 0 Å². The summed E-state index contributed by atoms with van der Waals surface area (Å²) in [6, 6.07) is 27.0. The highest BCUT2D eigenvalue weighted by Gasteiger charge is 2.25. The minimum atomic E-state index is -0.00967. The van der Waals surface area contributed by atoms with Crippen LogP contribution in [0.4, 0.5) is 5.69 Å². The fourth-order valence-electron chi connectivity index (χ4n) is 7.06. The van der Waals surface area contributed by atoms with E-state index in [9.17, 15) is 0 Å². The predicted molar refractivity (Wildman–Crippen MR) is 212 cm³/mol. The number of hydrogen-bond donors (Lipinski definition) is 0. The molecule has 0 bridgehead atoms. The van der Waals surface area contributed by atoms with Crippen molar-refractivity contribution in [3.63, 3.8) is 0 Å². The van der Waals surface area contributed by atoms with E-state index in [1.54, 1.807) is 6.20 Å². The highest BCUT2D eigenvalue weighted by molar-refractivity contribution is 6.11. The minimum absolute atomic E-state index is 0.00143. The van der Waals surface area contributed by atoms with Crippen molar-refractivity contribution >= 4 is 49.3 Å². The van der Waals surface area contributed by atoms with E-state index in [2.05, 4.69) is 170 Å². The van der Waals surface area contributed by atoms with Crippen LogP contribution in [0.1, 0.15) is 105 Å². The summed E-state index contributed by atoms with van der Waals surface area (Å²) >= 11 is 0. The third-order valence-corrected chi connectivity index (χ3v) is 10.3. The lowest BCUT2D eigenvalue weighted by atomic mass is 9.85. The maximum Gasteiger partial charge on any atom is 0.247 e. The molecular weight excluding hydrogens is 611 g/mol. The molecule has 0 unspecified atom stereocenters. The molecule has 50 heavy (non-hydrogen) atoms. The van der Waals surface area contributed by atoms with E-state index in [1.165, 1.54) is 33.0 Å². The van der Waals surface area contributed by atoms with E-state index in [1.807, 2.05) is 0 Å². The molecule has 5 heteroatoms. The van der Waals surface area contributed by atoms with Crippen molar-refractivity contribution in [3.05, 3.63) is 113 Å². The normalized spacial score (nSPS) is 13.2. The molecule has 5 nitrogen and oxygen atoms in total. The Morgan fingerprint density at radius 3 is 1.10 bits per heavy atom. The molecule has 0 aliphatic rings. The second kappa shape index (κ2) is 11.0. The number of nitrogens with zero attached hydrogens (tertiary/aromatic N) is 5. The van der Waals surface area contributed by atoms with Crippen molar-refractivity contribution < 1.29 is 0 Å². The smallest absolute Gasteiger partial charge is 0.247 e. The summed E-state index contributed by atoms with van der Waals surface area (Å²) < 4.78 is 4.34. The Kier molecular flexibility index (Phi) is 7.40. The van der Waals surface area contributed by atoms with Gasteiger partial charge in [-0.3, -0.25) is 4.57 Å². The van der Waals surface area contributed by atoms with Crippen LogP contribution >= 0.6 is 0 Å². The summed E-state index contributed by atoms with van der Waals surface area (Å²) in [5.41, 5.74) is 9.66. The molecule has 0 saturated carbocycles. The lowest BCUT2D eigenvalue weighted by Crippen LogP contribution is -2.11. The standard InChI is InChI=1S/C45H49N5/c1-42(2,3)27-14-18-36-31(22-27)32-23-28(43(4,5)6)15-19-37(32)49(36)40-35(46-13)26-47-41(48-40)50-38-20-16-29(44(7,8)9)24-33(38)34-25-30(45(10,11)12)17-21-39(34)50/h14-26H,1-12H3. The molecule has 0 aliphatic carbocycles. The van der Waals surface area contributed by atoms with Gasteiger partial charge < -0.3 is 4.57 Å². The quantitative estimate of drug-likeness (QED) is 0.173. The Hall–Kier alpha value is -4.95. The van der Waals surface area contributed by atoms with Crippen molar-refractivity contribution in [2.75, 3.05) is 0 Å². The summed E-state index contributed by atoms with van der Waals surface area (Å²) in [6.45, 7) is 35.3. The molecular formula is C45H49N5. The summed E-state index contributed by atoms with van der Waals surface area (Å²) in [5.74, 6) is 1.14. The van der Waals surface area contributed by atoms with Gasteiger partial charge >= 0.3 is 0 Å². The molecule has 0 N–H and O–H groups in total. The molecule has 7 rings (SSSR count). The summed E-state index contributed by atoms with van der Waals surface area (Å²) in [7, 11) is 0. The zero-order valence-corrected chi connectivity index (χ0v) is 31.7. The van der Waals surface area contributed by atoms with Crippen LogP contribution < -0.4 is 0 Å². The van der Waals surface area contributed by atoms with E-state index in [0.717, 1.165) is 32.8 Å². The van der Waals surface area contributed by atoms with Crippen LogP contribution in [0, 0.1) is 6.57 Å². The van der Waals surface area contributed by atoms with Gasteiger partial charge in [-0.15, -0.1) is 0 Å². The van der Waals surface area contributed by atoms with Gasteiger partial charge in [0.15, 0.2) is 0 Å². The Bertz CT molecular complexity index is 2380. The molecule has 0 fully saturated rings. The molecule has 0 saturated heterocycles. The molecule has 0 atom stereocenters. The zero-order valence-electron chi connectivity index (χ0n) is 31.7. The first-order chi connectivity index (χ1) is 23.3. The molecule has 0 aliphatic heterocycles. The van der Waals surface area contributed by atoms with E-state index in [4.69, 9.17) is 16.5 Å². The maximum atomic E-state index is 8.23. The summed E-state index contributed by atoms with van der Waals surface area (Å²) in [4.78, 5) is 14.2. The van der Waals surface area contributed by atoms with E-state index in [-0.39, 0.29) is 21.7 Å². The fraction of sp³-hybridized carbons (Fsp3) is 0.356. The van der Waals surface area contributed by atoms with Gasteiger partial charge in [-0.25, -0.2) is 14.8 Å². The van der Waals surface area contributed by atoms with Gasteiger partial charge in [-0.1, -0.05) is 107 Å². The topological polar surface area (TPSA) is 40.0 Å². The molecule has 4 aromatic carbocycles. The monoisotopic (exact) mass is 659 g/mol. The highest BCUT2D eigenvalue weighted by atomic mass is 15.2. The summed E-state index contributed by atoms with van der Waals surface area (Å²) in [5, 5.41) is 4.69. The van der Waals surface area contributed by atoms with E-state index in [0.29, 0.717) is 17.5 Å². The first-order valence-corrected chi connectivity index (χ1v) is 17.7. The van der Waals surface area contributed by atoms with E-state index >= 15 is 0 Å². The van der Waals surface area contributed by atoms with Crippen LogP contribution in [0.25, 0.3) is 60.2 Å². The fourth-order valence-corrected chi connectivity index (χ4v) is 7.06. The lowest BCUT2D eigenvalue weighted by Gasteiger charge is -2.19. The SMILES string of the molecule is [C-]#[N+]c1cnc(-n2c3ccc(C(C)(C)C)cc3c3cc(C(C)(C)C)ccc32)nc1-n1c2ccc(C(C)(C)C)cc2c2cc(C(C)(C)C)ccc21. The van der Waals surface area contributed by atoms with Crippen molar-refractivity contribution in [2.45, 2.75) is 105 Å². The molecule has 254 valence electrons. The van der Waals surface area contributed by atoms with Gasteiger partial charge in [-0.05, 0) is 92.4 Å². The number of hydrogen-bond acceptors (Lipinski definition) is 2. The Labute approximate surface area is 296 Å². The van der Waals surface area contributed by atoms with Crippen LogP contribution in [0.5, 0.6) is 0 Å². The molecule has 0 radical (unpaired) electrons. The summed E-state index contributed by atoms with van der Waals surface area (Å²) in [6.07, 6.45) is 1.69. The van der Waals surface area contributed by atoms with Gasteiger partial charge in [0.1, 0.15) is 5.82 Å². The van der Waals surface area contributed by atoms with Crippen LogP contribution in [-0.4, -0.2) is 19.1 Å². The van der Waals surface area contributed by atoms with Gasteiger partial charge in [-0.2, -0.15) is 0 Å². The van der Waals surface area contributed by atoms with Crippen molar-refractivity contribution in [1.82, 2.24) is 19.1 Å². The number of fused-ring (bicyclic) bond motifs is 6. The number of aromatic nitrogens is 4. The van der Waals surface area contributed by atoms with Gasteiger partial charge in [0.25, 0.3) is 0 Å². The molecule has 0 spiro atoms. The second-order valence-electron chi connectivity index (χ2n) is 18.1. The Morgan fingerprint density at radius 2 is 0.800 bits per heavy atom. The van der Waals surface area contributed by atoms with Crippen LogP contribution in [0.15, 0.2) is 79.0 Å². The molecule has 0 amide bonds. The first-order valence-electron chi connectivity index (χ1n) is 17.7. The van der Waals surface area contributed by atoms with Crippen molar-refractivity contribution in [2.24, 2.45) is 0 Å². The van der Waals surface area contributed by atoms with Gasteiger partial charge in [0, 0.05) is 27.7 Å². The highest BCUT2D eigenvalue weighted by Crippen LogP contribution is 2.41. The predicted octanol–water partition coefficient (Wildman–Crippen LogP) is 12.4. The largest absolute Gasteiger partial charge is 0.302 e. The molecule has 3 heterocycles. The van der Waals surface area contributed by atoms with Crippen LogP contribution in [0.2, 0.25) is 0 Å². The Balaban J connectivity index is 1.56. The van der Waals surface area contributed by atoms with Gasteiger partial charge in [0.05, 0.1) is 28.6 Å². The lowest BCUT2D eigenvalue weighted by molar-refractivity contribution is 0.590. The molecule has 7 aromatic rings. The van der Waals surface area contributed by atoms with Gasteiger partial charge in [0.2, 0.25) is 11.6 Å². The second-order valence-corrected chi connectivity index (χ2v) is 18.1. The minimum Gasteiger partial charge on any atom is -0.302 e. The van der Waals surface area contributed by atoms with Crippen molar-refractivity contribution in [3.8, 4) is 11.8 Å². The first kappa shape index (κ1) is 33.5.